The van der Waals surface area contributed by atoms with Crippen LogP contribution in [0, 0.1) is 0 Å². The Bertz CT molecular complexity index is 138. The molecule has 1 aliphatic carbocycles. The molecule has 0 aromatic carbocycles. The van der Waals surface area contributed by atoms with Gasteiger partial charge in [-0.05, 0) is 31.6 Å². The Balaban J connectivity index is 2.37. The number of rotatable bonds is 5. The zero-order valence-electron chi connectivity index (χ0n) is 9.72. The van der Waals surface area contributed by atoms with Crippen LogP contribution in [0.5, 0.6) is 0 Å². The molecule has 0 amide bonds. The third-order valence-corrected chi connectivity index (χ3v) is 4.32. The summed E-state index contributed by atoms with van der Waals surface area (Å²) in [4.78, 5) is 0. The van der Waals surface area contributed by atoms with Crippen LogP contribution in [0.4, 0.5) is 0 Å². The zero-order valence-corrected chi connectivity index (χ0v) is 10.5. The third kappa shape index (κ3) is 4.22. The molecule has 1 saturated carbocycles. The first kappa shape index (κ1) is 12.4. The highest BCUT2D eigenvalue weighted by atomic mass is 32.2. The predicted octanol–water partition coefficient (Wildman–Crippen LogP) is 3.44. The minimum atomic E-state index is 0.794. The molecule has 1 aliphatic rings. The van der Waals surface area contributed by atoms with E-state index in [1.54, 1.807) is 0 Å². The van der Waals surface area contributed by atoms with Crippen LogP contribution in [0.15, 0.2) is 0 Å². The molecule has 0 spiro atoms. The van der Waals surface area contributed by atoms with Gasteiger partial charge in [0, 0.05) is 11.3 Å². The Morgan fingerprint density at radius 1 is 1.14 bits per heavy atom. The second-order valence-electron chi connectivity index (χ2n) is 4.19. The average Bonchev–Trinajstić information content (AvgIpc) is 2.41. The van der Waals surface area contributed by atoms with Crippen molar-refractivity contribution in [2.24, 2.45) is 0 Å². The SMILES string of the molecule is CCCNC1CCCCCC1SCC. The van der Waals surface area contributed by atoms with Crippen molar-refractivity contribution in [2.75, 3.05) is 12.3 Å². The summed E-state index contributed by atoms with van der Waals surface area (Å²) < 4.78 is 0. The summed E-state index contributed by atoms with van der Waals surface area (Å²) in [6.45, 7) is 5.74. The summed E-state index contributed by atoms with van der Waals surface area (Å²) in [5.41, 5.74) is 0. The molecule has 1 fully saturated rings. The minimum absolute atomic E-state index is 0.794. The molecule has 0 bridgehead atoms. The smallest absolute Gasteiger partial charge is 0.0201 e. The van der Waals surface area contributed by atoms with E-state index in [9.17, 15) is 0 Å². The van der Waals surface area contributed by atoms with Crippen LogP contribution in [0.3, 0.4) is 0 Å². The van der Waals surface area contributed by atoms with Gasteiger partial charge in [0.15, 0.2) is 0 Å². The molecule has 2 atom stereocenters. The molecule has 1 rings (SSSR count). The fraction of sp³-hybridized carbons (Fsp3) is 1.00. The zero-order chi connectivity index (χ0) is 10.2. The van der Waals surface area contributed by atoms with Gasteiger partial charge in [0.1, 0.15) is 0 Å². The Kier molecular flexibility index (Phi) is 6.70. The van der Waals surface area contributed by atoms with Gasteiger partial charge in [-0.25, -0.2) is 0 Å². The molecule has 0 aromatic rings. The first-order chi connectivity index (χ1) is 6.88. The Morgan fingerprint density at radius 3 is 2.64 bits per heavy atom. The molecule has 0 heterocycles. The lowest BCUT2D eigenvalue weighted by atomic mass is 10.1. The maximum atomic E-state index is 3.73. The summed E-state index contributed by atoms with van der Waals surface area (Å²) in [7, 11) is 0. The van der Waals surface area contributed by atoms with Gasteiger partial charge < -0.3 is 5.32 Å². The van der Waals surface area contributed by atoms with E-state index < -0.39 is 0 Å². The van der Waals surface area contributed by atoms with E-state index in [-0.39, 0.29) is 0 Å². The highest BCUT2D eigenvalue weighted by Gasteiger charge is 2.22. The lowest BCUT2D eigenvalue weighted by Gasteiger charge is -2.25. The van der Waals surface area contributed by atoms with Crippen molar-refractivity contribution in [3.05, 3.63) is 0 Å². The van der Waals surface area contributed by atoms with E-state index in [1.807, 2.05) is 0 Å². The van der Waals surface area contributed by atoms with Gasteiger partial charge in [-0.3, -0.25) is 0 Å². The fourth-order valence-corrected chi connectivity index (χ4v) is 3.48. The molecule has 84 valence electrons. The van der Waals surface area contributed by atoms with Crippen LogP contribution in [-0.4, -0.2) is 23.6 Å². The molecular weight excluding hydrogens is 190 g/mol. The largest absolute Gasteiger partial charge is 0.313 e. The summed E-state index contributed by atoms with van der Waals surface area (Å²) in [5, 5.41) is 4.61. The Hall–Kier alpha value is 0.310. The molecule has 0 radical (unpaired) electrons. The quantitative estimate of drug-likeness (QED) is 0.705. The molecule has 1 nitrogen and oxygen atoms in total. The molecule has 0 saturated heterocycles. The summed E-state index contributed by atoms with van der Waals surface area (Å²) in [6, 6.07) is 0.794. The summed E-state index contributed by atoms with van der Waals surface area (Å²) >= 11 is 2.16. The standard InChI is InChI=1S/C12H25NS/c1-3-10-13-11-8-6-5-7-9-12(11)14-4-2/h11-13H,3-10H2,1-2H3. The maximum Gasteiger partial charge on any atom is 0.0201 e. The molecule has 14 heavy (non-hydrogen) atoms. The lowest BCUT2D eigenvalue weighted by Crippen LogP contribution is -2.38. The van der Waals surface area contributed by atoms with Crippen LogP contribution < -0.4 is 5.32 Å². The summed E-state index contributed by atoms with van der Waals surface area (Å²) in [6.07, 6.45) is 8.42. The minimum Gasteiger partial charge on any atom is -0.313 e. The van der Waals surface area contributed by atoms with Crippen molar-refractivity contribution >= 4 is 11.8 Å². The topological polar surface area (TPSA) is 12.0 Å². The number of nitrogens with one attached hydrogen (secondary N) is 1. The molecule has 2 unspecified atom stereocenters. The van der Waals surface area contributed by atoms with E-state index in [4.69, 9.17) is 0 Å². The van der Waals surface area contributed by atoms with Crippen LogP contribution in [0.2, 0.25) is 0 Å². The van der Waals surface area contributed by atoms with Crippen molar-refractivity contribution in [3.63, 3.8) is 0 Å². The van der Waals surface area contributed by atoms with E-state index in [0.717, 1.165) is 11.3 Å². The predicted molar refractivity (Wildman–Crippen MR) is 67.1 cm³/mol. The normalized spacial score (nSPS) is 28.7. The van der Waals surface area contributed by atoms with Crippen LogP contribution in [0.25, 0.3) is 0 Å². The molecule has 2 heteroatoms. The second-order valence-corrected chi connectivity index (χ2v) is 5.71. The lowest BCUT2D eigenvalue weighted by molar-refractivity contribution is 0.470. The van der Waals surface area contributed by atoms with E-state index >= 15 is 0 Å². The van der Waals surface area contributed by atoms with Gasteiger partial charge in [0.25, 0.3) is 0 Å². The molecule has 0 aromatic heterocycles. The van der Waals surface area contributed by atoms with Crippen molar-refractivity contribution < 1.29 is 0 Å². The van der Waals surface area contributed by atoms with Gasteiger partial charge in [0.05, 0.1) is 0 Å². The molecular formula is C12H25NS. The van der Waals surface area contributed by atoms with E-state index in [1.165, 1.54) is 50.8 Å². The van der Waals surface area contributed by atoms with Gasteiger partial charge in [-0.2, -0.15) is 11.8 Å². The second kappa shape index (κ2) is 7.58. The highest BCUT2D eigenvalue weighted by Crippen LogP contribution is 2.27. The van der Waals surface area contributed by atoms with E-state index in [0.29, 0.717) is 0 Å². The Morgan fingerprint density at radius 2 is 1.93 bits per heavy atom. The van der Waals surface area contributed by atoms with Gasteiger partial charge in [-0.15, -0.1) is 0 Å². The number of hydrogen-bond donors (Lipinski definition) is 1. The van der Waals surface area contributed by atoms with Crippen LogP contribution >= 0.6 is 11.8 Å². The molecule has 1 N–H and O–H groups in total. The van der Waals surface area contributed by atoms with Crippen molar-refractivity contribution in [1.29, 1.82) is 0 Å². The van der Waals surface area contributed by atoms with E-state index in [2.05, 4.69) is 30.9 Å². The van der Waals surface area contributed by atoms with Gasteiger partial charge >= 0.3 is 0 Å². The van der Waals surface area contributed by atoms with Crippen LogP contribution in [-0.2, 0) is 0 Å². The molecule has 0 aliphatic heterocycles. The van der Waals surface area contributed by atoms with Gasteiger partial charge in [0.2, 0.25) is 0 Å². The first-order valence-corrected chi connectivity index (χ1v) is 7.28. The number of hydrogen-bond acceptors (Lipinski definition) is 2. The Labute approximate surface area is 93.4 Å². The van der Waals surface area contributed by atoms with Crippen LogP contribution in [0.1, 0.15) is 52.4 Å². The van der Waals surface area contributed by atoms with Crippen molar-refractivity contribution in [3.8, 4) is 0 Å². The first-order valence-electron chi connectivity index (χ1n) is 6.23. The fourth-order valence-electron chi connectivity index (χ4n) is 2.25. The maximum absolute atomic E-state index is 3.73. The summed E-state index contributed by atoms with van der Waals surface area (Å²) in [5.74, 6) is 1.27. The van der Waals surface area contributed by atoms with Gasteiger partial charge in [-0.1, -0.05) is 33.1 Å². The number of thioether (sulfide) groups is 1. The average molecular weight is 215 g/mol. The third-order valence-electron chi connectivity index (χ3n) is 2.99. The monoisotopic (exact) mass is 215 g/mol. The van der Waals surface area contributed by atoms with Crippen molar-refractivity contribution in [1.82, 2.24) is 5.32 Å². The highest BCUT2D eigenvalue weighted by molar-refractivity contribution is 7.99. The van der Waals surface area contributed by atoms with Crippen molar-refractivity contribution in [2.45, 2.75) is 63.7 Å².